The molecule has 230 valence electrons. The van der Waals surface area contributed by atoms with Gasteiger partial charge in [-0.15, -0.1) is 0 Å². The summed E-state index contributed by atoms with van der Waals surface area (Å²) in [6.45, 7) is 0. The zero-order valence-corrected chi connectivity index (χ0v) is 26.4. The Bertz CT molecular complexity index is 2730. The first-order valence-electron chi connectivity index (χ1n) is 16.5. The molecule has 2 heterocycles. The molecule has 0 N–H and O–H groups in total. The molecule has 0 bridgehead atoms. The summed E-state index contributed by atoms with van der Waals surface area (Å²) in [6.07, 6.45) is 0. The van der Waals surface area contributed by atoms with Crippen LogP contribution in [0.3, 0.4) is 0 Å². The van der Waals surface area contributed by atoms with Crippen LogP contribution in [0.1, 0.15) is 0 Å². The van der Waals surface area contributed by atoms with E-state index in [2.05, 4.69) is 126 Å². The lowest BCUT2D eigenvalue weighted by molar-refractivity contribution is 0.623. The first-order chi connectivity index (χ1) is 24.3. The molecule has 0 saturated carbocycles. The Balaban J connectivity index is 1.09. The van der Waals surface area contributed by atoms with E-state index < -0.39 is 0 Å². The van der Waals surface area contributed by atoms with Crippen LogP contribution < -0.4 is 4.90 Å². The van der Waals surface area contributed by atoms with E-state index in [0.29, 0.717) is 5.89 Å². The van der Waals surface area contributed by atoms with Crippen molar-refractivity contribution >= 4 is 60.9 Å². The molecule has 4 heteroatoms. The van der Waals surface area contributed by atoms with Crippen molar-refractivity contribution in [3.63, 3.8) is 0 Å². The van der Waals surface area contributed by atoms with Crippen LogP contribution in [0.25, 0.3) is 77.5 Å². The topological polar surface area (TPSA) is 42.4 Å². The third kappa shape index (κ3) is 4.49. The molecule has 0 aliphatic carbocycles. The zero-order valence-electron chi connectivity index (χ0n) is 26.4. The first kappa shape index (κ1) is 27.5. The fourth-order valence-electron chi connectivity index (χ4n) is 7.14. The molecule has 2 aromatic heterocycles. The van der Waals surface area contributed by atoms with Crippen molar-refractivity contribution in [2.24, 2.45) is 0 Å². The lowest BCUT2D eigenvalue weighted by atomic mass is 9.96. The number of furan rings is 1. The summed E-state index contributed by atoms with van der Waals surface area (Å²) in [5.41, 5.74) is 12.1. The minimum Gasteiger partial charge on any atom is -0.456 e. The number of hydrogen-bond donors (Lipinski definition) is 0. The Morgan fingerprint density at radius 1 is 0.388 bits per heavy atom. The molecule has 0 fully saturated rings. The Hall–Kier alpha value is -6.65. The number of oxazole rings is 1. The smallest absolute Gasteiger partial charge is 0.227 e. The number of hydrogen-bond acceptors (Lipinski definition) is 4. The van der Waals surface area contributed by atoms with Crippen LogP contribution in [-0.2, 0) is 0 Å². The summed E-state index contributed by atoms with van der Waals surface area (Å²) in [5.74, 6) is 0.616. The fraction of sp³-hybridized carbons (Fsp3) is 0. The standard InChI is InChI=1S/C45H28N2O2/c1-4-11-29(12-5-1)30-19-23-35(24-20-30)47(34-15-8-3-9-16-34)36-25-21-31(22-26-36)33-27-38-42-40(28-33)48-39-18-10-17-37(41(39)42)44-43(38)46-45(49-44)32-13-6-2-7-14-32/h1-28H. The maximum absolute atomic E-state index is 6.49. The average molecular weight is 629 g/mol. The number of nitrogens with zero attached hydrogens (tertiary/aromatic N) is 2. The molecule has 10 rings (SSSR count). The molecule has 0 aliphatic heterocycles. The van der Waals surface area contributed by atoms with Crippen molar-refractivity contribution in [1.82, 2.24) is 4.98 Å². The van der Waals surface area contributed by atoms with Gasteiger partial charge in [0.2, 0.25) is 5.89 Å². The predicted octanol–water partition coefficient (Wildman–Crippen LogP) is 12.8. The van der Waals surface area contributed by atoms with Gasteiger partial charge < -0.3 is 13.7 Å². The first-order valence-corrected chi connectivity index (χ1v) is 16.5. The summed E-state index contributed by atoms with van der Waals surface area (Å²) >= 11 is 0. The van der Waals surface area contributed by atoms with Crippen LogP contribution in [0, 0.1) is 0 Å². The molecule has 0 radical (unpaired) electrons. The summed E-state index contributed by atoms with van der Waals surface area (Å²) in [5, 5.41) is 4.21. The monoisotopic (exact) mass is 628 g/mol. The van der Waals surface area contributed by atoms with E-state index >= 15 is 0 Å². The Labute approximate surface area is 282 Å². The van der Waals surface area contributed by atoms with Gasteiger partial charge in [0.05, 0.1) is 0 Å². The molecule has 0 aliphatic rings. The van der Waals surface area contributed by atoms with Crippen molar-refractivity contribution in [3.05, 3.63) is 170 Å². The lowest BCUT2D eigenvalue weighted by Gasteiger charge is -2.26. The third-order valence-electron chi connectivity index (χ3n) is 9.45. The molecule has 8 aromatic carbocycles. The van der Waals surface area contributed by atoms with E-state index in [9.17, 15) is 0 Å². The normalized spacial score (nSPS) is 11.7. The number of anilines is 3. The molecular weight excluding hydrogens is 601 g/mol. The van der Waals surface area contributed by atoms with Crippen molar-refractivity contribution in [2.45, 2.75) is 0 Å². The highest BCUT2D eigenvalue weighted by Gasteiger charge is 2.23. The molecule has 0 spiro atoms. The van der Waals surface area contributed by atoms with Crippen LogP contribution in [0.4, 0.5) is 17.1 Å². The van der Waals surface area contributed by atoms with E-state index in [1.807, 2.05) is 48.5 Å². The van der Waals surface area contributed by atoms with Crippen LogP contribution >= 0.6 is 0 Å². The second-order valence-corrected chi connectivity index (χ2v) is 12.4. The number of fused-ring (bicyclic) bond motifs is 3. The molecule has 0 unspecified atom stereocenters. The molecule has 49 heavy (non-hydrogen) atoms. The van der Waals surface area contributed by atoms with Gasteiger partial charge in [0.15, 0.2) is 5.58 Å². The minimum absolute atomic E-state index is 0.616. The largest absolute Gasteiger partial charge is 0.456 e. The minimum atomic E-state index is 0.616. The summed E-state index contributed by atoms with van der Waals surface area (Å²) in [7, 11) is 0. The Kier molecular flexibility index (Phi) is 6.15. The van der Waals surface area contributed by atoms with Crippen LogP contribution in [-0.4, -0.2) is 4.98 Å². The number of rotatable bonds is 6. The van der Waals surface area contributed by atoms with Crippen molar-refractivity contribution in [2.75, 3.05) is 4.90 Å². The second-order valence-electron chi connectivity index (χ2n) is 12.4. The van der Waals surface area contributed by atoms with Crippen LogP contribution in [0.5, 0.6) is 0 Å². The number of benzene rings is 8. The van der Waals surface area contributed by atoms with Gasteiger partial charge in [0.25, 0.3) is 0 Å². The van der Waals surface area contributed by atoms with Gasteiger partial charge in [-0.1, -0.05) is 103 Å². The molecule has 0 amide bonds. The summed E-state index contributed by atoms with van der Waals surface area (Å²) in [6, 6.07) is 59.1. The third-order valence-corrected chi connectivity index (χ3v) is 9.45. The summed E-state index contributed by atoms with van der Waals surface area (Å²) < 4.78 is 13.0. The molecule has 4 nitrogen and oxygen atoms in total. The van der Waals surface area contributed by atoms with E-state index in [4.69, 9.17) is 13.8 Å². The van der Waals surface area contributed by atoms with Crippen LogP contribution in [0.2, 0.25) is 0 Å². The van der Waals surface area contributed by atoms with E-state index in [-0.39, 0.29) is 0 Å². The maximum atomic E-state index is 6.49. The van der Waals surface area contributed by atoms with Crippen molar-refractivity contribution < 1.29 is 8.83 Å². The highest BCUT2D eigenvalue weighted by atomic mass is 16.3. The molecule has 10 aromatic rings. The van der Waals surface area contributed by atoms with E-state index in [0.717, 1.165) is 77.6 Å². The van der Waals surface area contributed by atoms with Crippen molar-refractivity contribution in [1.29, 1.82) is 0 Å². The number of aromatic nitrogens is 1. The maximum Gasteiger partial charge on any atom is 0.227 e. The average Bonchev–Trinajstić information content (AvgIpc) is 3.80. The second kappa shape index (κ2) is 11.0. The Morgan fingerprint density at radius 2 is 0.939 bits per heavy atom. The molecular formula is C45H28N2O2. The van der Waals surface area contributed by atoms with Gasteiger partial charge in [-0.05, 0) is 89.0 Å². The highest BCUT2D eigenvalue weighted by molar-refractivity contribution is 6.31. The van der Waals surface area contributed by atoms with Crippen LogP contribution in [0.15, 0.2) is 179 Å². The van der Waals surface area contributed by atoms with Gasteiger partial charge in [-0.25, -0.2) is 4.98 Å². The highest BCUT2D eigenvalue weighted by Crippen LogP contribution is 2.45. The summed E-state index contributed by atoms with van der Waals surface area (Å²) in [4.78, 5) is 7.35. The quantitative estimate of drug-likeness (QED) is 0.172. The fourth-order valence-corrected chi connectivity index (χ4v) is 7.14. The lowest BCUT2D eigenvalue weighted by Crippen LogP contribution is -2.09. The van der Waals surface area contributed by atoms with Gasteiger partial charge in [0.1, 0.15) is 16.7 Å². The molecule has 0 atom stereocenters. The van der Waals surface area contributed by atoms with E-state index in [1.165, 1.54) is 11.1 Å². The zero-order chi connectivity index (χ0) is 32.3. The molecule has 0 saturated heterocycles. The van der Waals surface area contributed by atoms with Gasteiger partial charge in [0, 0.05) is 44.2 Å². The SMILES string of the molecule is c1ccc(-c2ccc(N(c3ccccc3)c3ccc(-c4cc5oc6cccc7c8oc(-c9ccccc9)nc8c(c4)c5c67)cc3)cc2)cc1. The number of para-hydroxylation sites is 1. The van der Waals surface area contributed by atoms with Crippen molar-refractivity contribution in [3.8, 4) is 33.7 Å². The van der Waals surface area contributed by atoms with Gasteiger partial charge >= 0.3 is 0 Å². The Morgan fingerprint density at radius 3 is 1.61 bits per heavy atom. The van der Waals surface area contributed by atoms with Gasteiger partial charge in [-0.3, -0.25) is 0 Å². The predicted molar refractivity (Wildman–Crippen MR) is 201 cm³/mol. The van der Waals surface area contributed by atoms with Gasteiger partial charge in [-0.2, -0.15) is 0 Å². The van der Waals surface area contributed by atoms with E-state index in [1.54, 1.807) is 0 Å².